The van der Waals surface area contributed by atoms with Crippen LogP contribution in [0.3, 0.4) is 0 Å². The molecule has 2 aromatic rings. The van der Waals surface area contributed by atoms with Crippen LogP contribution in [0.2, 0.25) is 0 Å². The van der Waals surface area contributed by atoms with Crippen molar-refractivity contribution in [3.05, 3.63) is 52.6 Å². The zero-order valence-corrected chi connectivity index (χ0v) is 19.3. The SMILES string of the molecule is COc1ccc(NC(=O)CCCNc2ccccc2[N+](=O)[O-])cc1S(=O)(=O)N1CCCCC1. The zero-order valence-electron chi connectivity index (χ0n) is 18.5. The van der Waals surface area contributed by atoms with Crippen molar-refractivity contribution in [3.8, 4) is 5.75 Å². The predicted octanol–water partition coefficient (Wildman–Crippen LogP) is 3.61. The summed E-state index contributed by atoms with van der Waals surface area (Å²) in [4.78, 5) is 23.0. The van der Waals surface area contributed by atoms with Gasteiger partial charge in [0.1, 0.15) is 16.3 Å². The van der Waals surface area contributed by atoms with Gasteiger partial charge in [0.25, 0.3) is 5.69 Å². The maximum atomic E-state index is 13.1. The minimum absolute atomic E-state index is 0.0253. The minimum atomic E-state index is -3.73. The largest absolute Gasteiger partial charge is 0.495 e. The highest BCUT2D eigenvalue weighted by Crippen LogP contribution is 2.31. The maximum Gasteiger partial charge on any atom is 0.292 e. The fourth-order valence-electron chi connectivity index (χ4n) is 3.68. The van der Waals surface area contributed by atoms with E-state index in [-0.39, 0.29) is 28.7 Å². The molecule has 0 aliphatic carbocycles. The Balaban J connectivity index is 1.60. The number of carbonyl (C=O) groups is 1. The Kier molecular flexibility index (Phi) is 8.23. The molecule has 1 amide bonds. The van der Waals surface area contributed by atoms with E-state index in [1.54, 1.807) is 24.3 Å². The number of nitro benzene ring substituents is 1. The number of piperidine rings is 1. The molecular weight excluding hydrogens is 448 g/mol. The van der Waals surface area contributed by atoms with Gasteiger partial charge in [-0.25, -0.2) is 8.42 Å². The van der Waals surface area contributed by atoms with Crippen LogP contribution in [-0.2, 0) is 14.8 Å². The first-order chi connectivity index (χ1) is 15.8. The smallest absolute Gasteiger partial charge is 0.292 e. The molecule has 0 atom stereocenters. The molecule has 0 bridgehead atoms. The van der Waals surface area contributed by atoms with E-state index in [0.29, 0.717) is 37.4 Å². The molecule has 0 aromatic heterocycles. The number of nitro groups is 1. The topological polar surface area (TPSA) is 131 Å². The Hall–Kier alpha value is -3.18. The van der Waals surface area contributed by atoms with Crippen LogP contribution in [0.25, 0.3) is 0 Å². The fourth-order valence-corrected chi connectivity index (χ4v) is 5.38. The van der Waals surface area contributed by atoms with Gasteiger partial charge in [0, 0.05) is 37.8 Å². The van der Waals surface area contributed by atoms with E-state index in [2.05, 4.69) is 10.6 Å². The third-order valence-electron chi connectivity index (χ3n) is 5.38. The predicted molar refractivity (Wildman–Crippen MR) is 125 cm³/mol. The molecule has 3 rings (SSSR count). The number of sulfonamides is 1. The van der Waals surface area contributed by atoms with Crippen LogP contribution in [0.15, 0.2) is 47.4 Å². The maximum absolute atomic E-state index is 13.1. The van der Waals surface area contributed by atoms with Gasteiger partial charge in [0.15, 0.2) is 0 Å². The van der Waals surface area contributed by atoms with Crippen molar-refractivity contribution in [2.45, 2.75) is 37.0 Å². The Morgan fingerprint density at radius 1 is 1.15 bits per heavy atom. The van der Waals surface area contributed by atoms with Crippen molar-refractivity contribution >= 4 is 33.0 Å². The van der Waals surface area contributed by atoms with Gasteiger partial charge in [0.05, 0.1) is 12.0 Å². The van der Waals surface area contributed by atoms with E-state index in [4.69, 9.17) is 4.74 Å². The standard InChI is InChI=1S/C22H28N4O6S/c1-32-20-12-11-17(16-21(20)33(30,31)25-14-5-2-6-15-25)24-22(27)10-7-13-23-18-8-3-4-9-19(18)26(28)29/h3-4,8-9,11-12,16,23H,2,5-7,10,13-15H2,1H3,(H,24,27). The van der Waals surface area contributed by atoms with Crippen LogP contribution < -0.4 is 15.4 Å². The number of hydrogen-bond acceptors (Lipinski definition) is 7. The molecule has 1 saturated heterocycles. The molecule has 1 aliphatic rings. The number of benzene rings is 2. The second-order valence-corrected chi connectivity index (χ2v) is 9.59. The lowest BCUT2D eigenvalue weighted by Gasteiger charge is -2.26. The number of rotatable bonds is 10. The Morgan fingerprint density at radius 2 is 1.88 bits per heavy atom. The highest BCUT2D eigenvalue weighted by Gasteiger charge is 2.29. The normalized spacial score (nSPS) is 14.5. The Labute approximate surface area is 193 Å². The lowest BCUT2D eigenvalue weighted by Crippen LogP contribution is -2.35. The van der Waals surface area contributed by atoms with E-state index >= 15 is 0 Å². The van der Waals surface area contributed by atoms with E-state index in [0.717, 1.165) is 19.3 Å². The molecule has 33 heavy (non-hydrogen) atoms. The summed E-state index contributed by atoms with van der Waals surface area (Å²) < 4.78 is 32.9. The molecule has 2 aromatic carbocycles. The first-order valence-corrected chi connectivity index (χ1v) is 12.2. The summed E-state index contributed by atoms with van der Waals surface area (Å²) >= 11 is 0. The third-order valence-corrected chi connectivity index (χ3v) is 7.30. The quantitative estimate of drug-likeness (QED) is 0.304. The number of amides is 1. The molecule has 1 heterocycles. The van der Waals surface area contributed by atoms with Gasteiger partial charge in [-0.3, -0.25) is 14.9 Å². The highest BCUT2D eigenvalue weighted by molar-refractivity contribution is 7.89. The van der Waals surface area contributed by atoms with Crippen LogP contribution in [0.1, 0.15) is 32.1 Å². The number of ether oxygens (including phenoxy) is 1. The van der Waals surface area contributed by atoms with Gasteiger partial charge >= 0.3 is 0 Å². The summed E-state index contributed by atoms with van der Waals surface area (Å²) in [5, 5.41) is 16.8. The summed E-state index contributed by atoms with van der Waals surface area (Å²) in [6.07, 6.45) is 3.24. The Bertz CT molecular complexity index is 1100. The molecule has 178 valence electrons. The van der Waals surface area contributed by atoms with Gasteiger partial charge in [-0.1, -0.05) is 18.6 Å². The molecule has 11 heteroatoms. The van der Waals surface area contributed by atoms with Crippen LogP contribution in [-0.4, -0.2) is 50.3 Å². The second-order valence-electron chi connectivity index (χ2n) is 7.68. The molecule has 0 spiro atoms. The van der Waals surface area contributed by atoms with Crippen LogP contribution in [0.4, 0.5) is 17.1 Å². The van der Waals surface area contributed by atoms with Gasteiger partial charge in [-0.05, 0) is 43.5 Å². The molecule has 0 saturated carbocycles. The number of nitrogens with one attached hydrogen (secondary N) is 2. The third kappa shape index (κ3) is 6.20. The highest BCUT2D eigenvalue weighted by atomic mass is 32.2. The van der Waals surface area contributed by atoms with Gasteiger partial charge in [-0.2, -0.15) is 4.31 Å². The van der Waals surface area contributed by atoms with Gasteiger partial charge < -0.3 is 15.4 Å². The zero-order chi connectivity index (χ0) is 23.8. The number of nitrogens with zero attached hydrogens (tertiary/aromatic N) is 2. The average Bonchev–Trinajstić information content (AvgIpc) is 2.82. The average molecular weight is 477 g/mol. The second kappa shape index (κ2) is 11.1. The van der Waals surface area contributed by atoms with Crippen molar-refractivity contribution in [1.29, 1.82) is 0 Å². The van der Waals surface area contributed by atoms with E-state index in [1.165, 1.54) is 29.6 Å². The minimum Gasteiger partial charge on any atom is -0.495 e. The van der Waals surface area contributed by atoms with E-state index in [9.17, 15) is 23.3 Å². The molecular formula is C22H28N4O6S. The Morgan fingerprint density at radius 3 is 2.58 bits per heavy atom. The molecule has 1 fully saturated rings. The van der Waals surface area contributed by atoms with Crippen molar-refractivity contribution in [1.82, 2.24) is 4.31 Å². The van der Waals surface area contributed by atoms with Crippen molar-refractivity contribution in [3.63, 3.8) is 0 Å². The summed E-state index contributed by atoms with van der Waals surface area (Å²) in [6, 6.07) is 10.9. The van der Waals surface area contributed by atoms with E-state index in [1.807, 2.05) is 0 Å². The lowest BCUT2D eigenvalue weighted by atomic mass is 10.2. The first-order valence-electron chi connectivity index (χ1n) is 10.8. The van der Waals surface area contributed by atoms with Crippen LogP contribution >= 0.6 is 0 Å². The van der Waals surface area contributed by atoms with Crippen molar-refractivity contribution in [2.24, 2.45) is 0 Å². The van der Waals surface area contributed by atoms with Gasteiger partial charge in [-0.15, -0.1) is 0 Å². The van der Waals surface area contributed by atoms with Gasteiger partial charge in [0.2, 0.25) is 15.9 Å². The molecule has 0 radical (unpaired) electrons. The van der Waals surface area contributed by atoms with E-state index < -0.39 is 14.9 Å². The molecule has 0 unspecified atom stereocenters. The number of para-hydroxylation sites is 2. The van der Waals surface area contributed by atoms with Crippen LogP contribution in [0, 0.1) is 10.1 Å². The molecule has 1 aliphatic heterocycles. The number of hydrogen-bond donors (Lipinski definition) is 2. The monoisotopic (exact) mass is 476 g/mol. The lowest BCUT2D eigenvalue weighted by molar-refractivity contribution is -0.384. The summed E-state index contributed by atoms with van der Waals surface area (Å²) in [5.74, 6) is -0.0573. The summed E-state index contributed by atoms with van der Waals surface area (Å²) in [6.45, 7) is 1.30. The molecule has 10 nitrogen and oxygen atoms in total. The summed E-state index contributed by atoms with van der Waals surface area (Å²) in [7, 11) is -2.32. The first kappa shape index (κ1) is 24.5. The fraction of sp³-hybridized carbons (Fsp3) is 0.409. The van der Waals surface area contributed by atoms with Crippen LogP contribution in [0.5, 0.6) is 5.75 Å². The number of methoxy groups -OCH3 is 1. The summed E-state index contributed by atoms with van der Waals surface area (Å²) in [5.41, 5.74) is 0.733. The number of anilines is 2. The van der Waals surface area contributed by atoms with Crippen molar-refractivity contribution < 1.29 is 22.9 Å². The number of carbonyl (C=O) groups excluding carboxylic acids is 1. The molecule has 2 N–H and O–H groups in total. The van der Waals surface area contributed by atoms with Crippen molar-refractivity contribution in [2.75, 3.05) is 37.4 Å².